The number of carbonyl (C=O) groups excluding carboxylic acids is 1. The first kappa shape index (κ1) is 16.5. The van der Waals surface area contributed by atoms with Crippen LogP contribution in [-0.4, -0.2) is 33.3 Å². The summed E-state index contributed by atoms with van der Waals surface area (Å²) in [7, 11) is -3.53. The third-order valence-electron chi connectivity index (χ3n) is 2.90. The molecule has 0 saturated carbocycles. The van der Waals surface area contributed by atoms with Gasteiger partial charge >= 0.3 is 5.97 Å². The molecule has 0 unspecified atom stereocenters. The molecule has 0 N–H and O–H groups in total. The molecular formula is C14H21NO4S. The number of esters is 1. The number of rotatable bonds is 6. The fourth-order valence-electron chi connectivity index (χ4n) is 1.90. The second-order valence-corrected chi connectivity index (χ2v) is 6.68. The van der Waals surface area contributed by atoms with E-state index < -0.39 is 16.0 Å². The van der Waals surface area contributed by atoms with E-state index in [9.17, 15) is 13.2 Å². The van der Waals surface area contributed by atoms with Crippen molar-refractivity contribution in [2.24, 2.45) is 0 Å². The summed E-state index contributed by atoms with van der Waals surface area (Å²) in [6, 6.07) is 5.43. The van der Waals surface area contributed by atoms with Gasteiger partial charge in [-0.2, -0.15) is 0 Å². The summed E-state index contributed by atoms with van der Waals surface area (Å²) in [6.07, 6.45) is 0. The van der Waals surface area contributed by atoms with Crippen molar-refractivity contribution in [3.05, 3.63) is 29.3 Å². The van der Waals surface area contributed by atoms with Crippen molar-refractivity contribution < 1.29 is 17.9 Å². The maximum absolute atomic E-state index is 12.2. The highest BCUT2D eigenvalue weighted by molar-refractivity contribution is 7.92. The standard InChI is InChI=1S/C14H21NO4S/c1-5-19-14(16)10-15(20(17,18)6-2)13-8-7-11(3)9-12(13)4/h7-9H,5-6,10H2,1-4H3. The van der Waals surface area contributed by atoms with E-state index in [1.165, 1.54) is 0 Å². The molecule has 1 aromatic rings. The summed E-state index contributed by atoms with van der Waals surface area (Å²) in [5, 5.41) is 0. The Labute approximate surface area is 120 Å². The lowest BCUT2D eigenvalue weighted by atomic mass is 10.1. The van der Waals surface area contributed by atoms with Gasteiger partial charge < -0.3 is 4.74 Å². The van der Waals surface area contributed by atoms with Gasteiger partial charge in [-0.3, -0.25) is 9.10 Å². The SMILES string of the molecule is CCOC(=O)CN(c1ccc(C)cc1C)S(=O)(=O)CC. The van der Waals surface area contributed by atoms with E-state index in [4.69, 9.17) is 4.74 Å². The zero-order valence-corrected chi connectivity index (χ0v) is 13.2. The molecule has 0 spiro atoms. The summed E-state index contributed by atoms with van der Waals surface area (Å²) >= 11 is 0. The minimum atomic E-state index is -3.53. The molecule has 112 valence electrons. The predicted molar refractivity (Wildman–Crippen MR) is 79.4 cm³/mol. The van der Waals surface area contributed by atoms with E-state index in [0.717, 1.165) is 15.4 Å². The van der Waals surface area contributed by atoms with Gasteiger partial charge in [-0.15, -0.1) is 0 Å². The smallest absolute Gasteiger partial charge is 0.326 e. The van der Waals surface area contributed by atoms with Crippen LogP contribution >= 0.6 is 0 Å². The summed E-state index contributed by atoms with van der Waals surface area (Å²) in [5.74, 6) is -0.621. The number of sulfonamides is 1. The molecule has 0 bridgehead atoms. The van der Waals surface area contributed by atoms with Crippen LogP contribution in [0.15, 0.2) is 18.2 Å². The lowest BCUT2D eigenvalue weighted by Crippen LogP contribution is -2.38. The molecule has 0 amide bonds. The Morgan fingerprint density at radius 2 is 1.90 bits per heavy atom. The third-order valence-corrected chi connectivity index (χ3v) is 4.63. The Balaban J connectivity index is 3.20. The quantitative estimate of drug-likeness (QED) is 0.754. The lowest BCUT2D eigenvalue weighted by Gasteiger charge is -2.24. The largest absolute Gasteiger partial charge is 0.465 e. The van der Waals surface area contributed by atoms with Crippen LogP contribution in [-0.2, 0) is 19.6 Å². The minimum absolute atomic E-state index is 0.0697. The Hall–Kier alpha value is -1.56. The van der Waals surface area contributed by atoms with Crippen molar-refractivity contribution >= 4 is 21.7 Å². The number of hydrogen-bond donors (Lipinski definition) is 0. The van der Waals surface area contributed by atoms with Crippen molar-refractivity contribution in [2.45, 2.75) is 27.7 Å². The molecule has 5 nitrogen and oxygen atoms in total. The molecule has 20 heavy (non-hydrogen) atoms. The molecule has 0 aromatic heterocycles. The van der Waals surface area contributed by atoms with Gasteiger partial charge in [0.05, 0.1) is 18.0 Å². The summed E-state index contributed by atoms with van der Waals surface area (Å²) in [4.78, 5) is 11.6. The predicted octanol–water partition coefficient (Wildman–Crippen LogP) is 2.02. The zero-order chi connectivity index (χ0) is 15.3. The van der Waals surface area contributed by atoms with Crippen LogP contribution in [0.3, 0.4) is 0 Å². The van der Waals surface area contributed by atoms with Gasteiger partial charge in [-0.1, -0.05) is 17.7 Å². The third kappa shape index (κ3) is 3.96. The minimum Gasteiger partial charge on any atom is -0.465 e. The Morgan fingerprint density at radius 3 is 2.40 bits per heavy atom. The van der Waals surface area contributed by atoms with E-state index >= 15 is 0 Å². The first-order valence-electron chi connectivity index (χ1n) is 6.55. The van der Waals surface area contributed by atoms with Crippen LogP contribution in [0.1, 0.15) is 25.0 Å². The monoisotopic (exact) mass is 299 g/mol. The molecule has 0 aliphatic rings. The normalized spacial score (nSPS) is 11.2. The van der Waals surface area contributed by atoms with Crippen molar-refractivity contribution in [2.75, 3.05) is 23.2 Å². The maximum atomic E-state index is 12.2. The summed E-state index contributed by atoms with van der Waals surface area (Å²) in [6.45, 7) is 6.93. The highest BCUT2D eigenvalue weighted by Gasteiger charge is 2.25. The molecule has 1 rings (SSSR count). The van der Waals surface area contributed by atoms with Gasteiger partial charge in [-0.25, -0.2) is 8.42 Å². The van der Waals surface area contributed by atoms with Crippen LogP contribution in [0.25, 0.3) is 0 Å². The maximum Gasteiger partial charge on any atom is 0.326 e. The highest BCUT2D eigenvalue weighted by Crippen LogP contribution is 2.24. The average molecular weight is 299 g/mol. The van der Waals surface area contributed by atoms with Crippen LogP contribution in [0.4, 0.5) is 5.69 Å². The number of benzene rings is 1. The van der Waals surface area contributed by atoms with E-state index in [2.05, 4.69) is 0 Å². The van der Waals surface area contributed by atoms with Gasteiger partial charge in [0, 0.05) is 0 Å². The van der Waals surface area contributed by atoms with Crippen molar-refractivity contribution in [3.8, 4) is 0 Å². The number of aryl methyl sites for hydroxylation is 2. The first-order valence-corrected chi connectivity index (χ1v) is 8.16. The van der Waals surface area contributed by atoms with Crippen molar-refractivity contribution in [3.63, 3.8) is 0 Å². The van der Waals surface area contributed by atoms with Crippen molar-refractivity contribution in [1.29, 1.82) is 0 Å². The topological polar surface area (TPSA) is 63.7 Å². The highest BCUT2D eigenvalue weighted by atomic mass is 32.2. The number of ether oxygens (including phenoxy) is 1. The summed E-state index contributed by atoms with van der Waals surface area (Å²) < 4.78 is 30.4. The molecule has 0 aliphatic heterocycles. The zero-order valence-electron chi connectivity index (χ0n) is 12.3. The second kappa shape index (κ2) is 6.74. The van der Waals surface area contributed by atoms with Gasteiger partial charge in [0.25, 0.3) is 0 Å². The second-order valence-electron chi connectivity index (χ2n) is 4.50. The molecule has 0 heterocycles. The van der Waals surface area contributed by atoms with Gasteiger partial charge in [0.15, 0.2) is 0 Å². The van der Waals surface area contributed by atoms with Crippen LogP contribution < -0.4 is 4.31 Å². The molecule has 1 aromatic carbocycles. The van der Waals surface area contributed by atoms with Crippen molar-refractivity contribution in [1.82, 2.24) is 0 Å². The van der Waals surface area contributed by atoms with Crippen LogP contribution in [0, 0.1) is 13.8 Å². The van der Waals surface area contributed by atoms with Crippen LogP contribution in [0.2, 0.25) is 0 Å². The Morgan fingerprint density at radius 1 is 1.25 bits per heavy atom. The van der Waals surface area contributed by atoms with E-state index in [0.29, 0.717) is 5.69 Å². The van der Waals surface area contributed by atoms with Gasteiger partial charge in [-0.05, 0) is 39.3 Å². The van der Waals surface area contributed by atoms with Gasteiger partial charge in [0.2, 0.25) is 10.0 Å². The number of anilines is 1. The Bertz CT molecular complexity index is 581. The molecule has 0 radical (unpaired) electrons. The van der Waals surface area contributed by atoms with E-state index in [-0.39, 0.29) is 18.9 Å². The molecule has 6 heteroatoms. The molecule has 0 atom stereocenters. The first-order chi connectivity index (χ1) is 9.31. The molecular weight excluding hydrogens is 278 g/mol. The number of hydrogen-bond acceptors (Lipinski definition) is 4. The van der Waals surface area contributed by atoms with E-state index in [1.807, 2.05) is 26.0 Å². The fourth-order valence-corrected chi connectivity index (χ4v) is 3.02. The molecule has 0 saturated heterocycles. The number of nitrogens with zero attached hydrogens (tertiary/aromatic N) is 1. The Kier molecular flexibility index (Phi) is 5.56. The molecule has 0 fully saturated rings. The van der Waals surface area contributed by atoms with Crippen LogP contribution in [0.5, 0.6) is 0 Å². The van der Waals surface area contributed by atoms with Gasteiger partial charge in [0.1, 0.15) is 6.54 Å². The lowest BCUT2D eigenvalue weighted by molar-refractivity contribution is -0.141. The summed E-state index contributed by atoms with van der Waals surface area (Å²) in [5.41, 5.74) is 2.37. The molecule has 0 aliphatic carbocycles. The average Bonchev–Trinajstić information content (AvgIpc) is 2.37. The fraction of sp³-hybridized carbons (Fsp3) is 0.500. The number of carbonyl (C=O) groups is 1. The van der Waals surface area contributed by atoms with E-state index in [1.54, 1.807) is 19.9 Å².